The molecule has 0 aliphatic heterocycles. The number of benzene rings is 5. The Balaban J connectivity index is 1.06. The summed E-state index contributed by atoms with van der Waals surface area (Å²) in [6.07, 6.45) is 9.57. The Bertz CT molecular complexity index is 1880. The average Bonchev–Trinajstić information content (AvgIpc) is 3.92. The van der Waals surface area contributed by atoms with Crippen LogP contribution in [0.4, 0.5) is 0 Å². The summed E-state index contributed by atoms with van der Waals surface area (Å²) in [5.41, 5.74) is 18.0. The highest BCUT2D eigenvalue weighted by Crippen LogP contribution is 2.47. The molecule has 0 N–H and O–H groups in total. The molecule has 1 saturated carbocycles. The van der Waals surface area contributed by atoms with Crippen molar-refractivity contribution in [2.75, 3.05) is 0 Å². The molecule has 5 aromatic carbocycles. The van der Waals surface area contributed by atoms with Gasteiger partial charge in [-0.1, -0.05) is 140 Å². The summed E-state index contributed by atoms with van der Waals surface area (Å²) in [5.74, 6) is 1.71. The van der Waals surface area contributed by atoms with E-state index in [0.717, 1.165) is 18.8 Å². The number of hydrogen-bond acceptors (Lipinski definition) is 0. The van der Waals surface area contributed by atoms with Gasteiger partial charge in [0.2, 0.25) is 0 Å². The lowest BCUT2D eigenvalue weighted by atomic mass is 9.78. The molecule has 0 spiro atoms. The molecule has 5 aromatic rings. The summed E-state index contributed by atoms with van der Waals surface area (Å²) in [7, 11) is 0. The molecule has 2 aliphatic carbocycles. The third kappa shape index (κ3) is 5.99. The van der Waals surface area contributed by atoms with E-state index in [0.29, 0.717) is 11.8 Å². The third-order valence-electron chi connectivity index (χ3n) is 10.4. The Morgan fingerprint density at radius 1 is 0.622 bits per heavy atom. The highest BCUT2D eigenvalue weighted by molar-refractivity contribution is 5.80. The van der Waals surface area contributed by atoms with Gasteiger partial charge in [0.15, 0.2) is 0 Å². The van der Waals surface area contributed by atoms with Crippen molar-refractivity contribution in [3.8, 4) is 22.3 Å². The minimum absolute atomic E-state index is 0.450. The number of aryl methyl sites for hydroxylation is 1. The van der Waals surface area contributed by atoms with Crippen molar-refractivity contribution in [3.05, 3.63) is 172 Å². The molecule has 0 heterocycles. The van der Waals surface area contributed by atoms with Gasteiger partial charge >= 0.3 is 0 Å². The first-order chi connectivity index (χ1) is 22.0. The van der Waals surface area contributed by atoms with Gasteiger partial charge in [-0.3, -0.25) is 0 Å². The zero-order valence-corrected chi connectivity index (χ0v) is 27.2. The van der Waals surface area contributed by atoms with E-state index in [1.165, 1.54) is 74.1 Å². The van der Waals surface area contributed by atoms with E-state index in [4.69, 9.17) is 0 Å². The molecular formula is C45H44. The molecule has 2 unspecified atom stereocenters. The maximum absolute atomic E-state index is 2.39. The molecule has 1 fully saturated rings. The van der Waals surface area contributed by atoms with Gasteiger partial charge in [-0.25, -0.2) is 0 Å². The van der Waals surface area contributed by atoms with Crippen LogP contribution >= 0.6 is 0 Å². The Kier molecular flexibility index (Phi) is 8.16. The number of hydrogen-bond donors (Lipinski definition) is 0. The van der Waals surface area contributed by atoms with Crippen LogP contribution in [0, 0.1) is 13.8 Å². The van der Waals surface area contributed by atoms with E-state index in [1.807, 2.05) is 0 Å². The smallest absolute Gasteiger partial charge is 0.00920 e. The van der Waals surface area contributed by atoms with Crippen LogP contribution in [0.3, 0.4) is 0 Å². The predicted octanol–water partition coefficient (Wildman–Crippen LogP) is 12.4. The highest BCUT2D eigenvalue weighted by Gasteiger charge is 2.29. The molecule has 0 nitrogen and oxygen atoms in total. The SMILES string of the molecule is CC1=C(c2ccc(C(C)Cc3ccc(-c4cccc(-c5ccccc5C)c4C)cc3)cc2)C=CCC1c1ccccc1C1CC1. The van der Waals surface area contributed by atoms with Gasteiger partial charge < -0.3 is 0 Å². The molecule has 0 heteroatoms. The normalized spacial score (nSPS) is 17.0. The minimum atomic E-state index is 0.450. The largest absolute Gasteiger partial charge is 0.0830 e. The second-order valence-electron chi connectivity index (χ2n) is 13.4. The van der Waals surface area contributed by atoms with Gasteiger partial charge in [-0.2, -0.15) is 0 Å². The molecule has 2 aliphatic rings. The van der Waals surface area contributed by atoms with Crippen LogP contribution in [0.2, 0.25) is 0 Å². The van der Waals surface area contributed by atoms with Gasteiger partial charge in [0, 0.05) is 5.92 Å². The molecule has 0 aromatic heterocycles. The maximum Gasteiger partial charge on any atom is 0.00920 e. The molecule has 0 bridgehead atoms. The van der Waals surface area contributed by atoms with Crippen LogP contribution in [-0.2, 0) is 6.42 Å². The zero-order chi connectivity index (χ0) is 30.9. The van der Waals surface area contributed by atoms with Gasteiger partial charge in [0.25, 0.3) is 0 Å². The predicted molar refractivity (Wildman–Crippen MR) is 193 cm³/mol. The standard InChI is InChI=1S/C45H44/c1-30-11-5-6-12-39(30)42-17-9-15-40(32(42)3)36-21-19-34(20-22-36)29-31(2)35-23-25-37(26-24-35)41-16-10-18-43(33(41)4)45-14-8-7-13-44(45)38-27-28-38/h5-17,19-26,31,38,43H,18,27-29H2,1-4H3. The summed E-state index contributed by atoms with van der Waals surface area (Å²) < 4.78 is 0. The van der Waals surface area contributed by atoms with Crippen LogP contribution in [0.25, 0.3) is 27.8 Å². The van der Waals surface area contributed by atoms with E-state index >= 15 is 0 Å². The highest BCUT2D eigenvalue weighted by atomic mass is 14.3. The Labute approximate surface area is 270 Å². The lowest BCUT2D eigenvalue weighted by Crippen LogP contribution is -2.08. The maximum atomic E-state index is 2.39. The van der Waals surface area contributed by atoms with Crippen molar-refractivity contribution in [2.24, 2.45) is 0 Å². The molecule has 224 valence electrons. The van der Waals surface area contributed by atoms with Crippen molar-refractivity contribution in [2.45, 2.75) is 71.1 Å². The molecule has 2 atom stereocenters. The molecule has 0 radical (unpaired) electrons. The molecule has 45 heavy (non-hydrogen) atoms. The minimum Gasteiger partial charge on any atom is -0.0830 e. The Morgan fingerprint density at radius 3 is 2.00 bits per heavy atom. The molecule has 0 saturated heterocycles. The first-order valence-corrected chi connectivity index (χ1v) is 16.8. The van der Waals surface area contributed by atoms with Gasteiger partial charge in [0.1, 0.15) is 0 Å². The number of allylic oxidation sites excluding steroid dienone is 4. The second-order valence-corrected chi connectivity index (χ2v) is 13.4. The van der Waals surface area contributed by atoms with E-state index < -0.39 is 0 Å². The van der Waals surface area contributed by atoms with E-state index in [9.17, 15) is 0 Å². The fourth-order valence-corrected chi connectivity index (χ4v) is 7.49. The third-order valence-corrected chi connectivity index (χ3v) is 10.4. The fraction of sp³-hybridized carbons (Fsp3) is 0.244. The van der Waals surface area contributed by atoms with Crippen molar-refractivity contribution in [1.29, 1.82) is 0 Å². The fourth-order valence-electron chi connectivity index (χ4n) is 7.49. The van der Waals surface area contributed by atoms with E-state index in [1.54, 1.807) is 11.1 Å². The summed E-state index contributed by atoms with van der Waals surface area (Å²) >= 11 is 0. The van der Waals surface area contributed by atoms with E-state index in [2.05, 4.69) is 155 Å². The Hall–Kier alpha value is -4.42. The monoisotopic (exact) mass is 584 g/mol. The van der Waals surface area contributed by atoms with Gasteiger partial charge in [0.05, 0.1) is 0 Å². The van der Waals surface area contributed by atoms with Crippen LogP contribution in [0.15, 0.2) is 133 Å². The molecule has 7 rings (SSSR count). The summed E-state index contributed by atoms with van der Waals surface area (Å²) in [6.45, 7) is 9.16. The van der Waals surface area contributed by atoms with Crippen molar-refractivity contribution < 1.29 is 0 Å². The lowest BCUT2D eigenvalue weighted by molar-refractivity contribution is 0.759. The lowest BCUT2D eigenvalue weighted by Gasteiger charge is -2.26. The van der Waals surface area contributed by atoms with Gasteiger partial charge in [-0.05, 0) is 125 Å². The quantitative estimate of drug-likeness (QED) is 0.170. The first-order valence-electron chi connectivity index (χ1n) is 16.8. The van der Waals surface area contributed by atoms with Crippen LogP contribution < -0.4 is 0 Å². The molecule has 0 amide bonds. The summed E-state index contributed by atoms with van der Waals surface area (Å²) in [4.78, 5) is 0. The summed E-state index contributed by atoms with van der Waals surface area (Å²) in [5, 5.41) is 0. The first kappa shape index (κ1) is 29.3. The van der Waals surface area contributed by atoms with Crippen molar-refractivity contribution >= 4 is 5.57 Å². The Morgan fingerprint density at radius 2 is 1.27 bits per heavy atom. The number of rotatable bonds is 8. The zero-order valence-electron chi connectivity index (χ0n) is 27.2. The van der Waals surface area contributed by atoms with Crippen molar-refractivity contribution in [3.63, 3.8) is 0 Å². The van der Waals surface area contributed by atoms with Crippen molar-refractivity contribution in [1.82, 2.24) is 0 Å². The molecular weight excluding hydrogens is 540 g/mol. The topological polar surface area (TPSA) is 0 Å². The van der Waals surface area contributed by atoms with Crippen LogP contribution in [0.5, 0.6) is 0 Å². The van der Waals surface area contributed by atoms with E-state index in [-0.39, 0.29) is 0 Å². The van der Waals surface area contributed by atoms with Crippen LogP contribution in [-0.4, -0.2) is 0 Å². The van der Waals surface area contributed by atoms with Gasteiger partial charge in [-0.15, -0.1) is 0 Å². The second kappa shape index (κ2) is 12.5. The van der Waals surface area contributed by atoms with Crippen LogP contribution in [0.1, 0.15) is 89.8 Å². The average molecular weight is 585 g/mol. The summed E-state index contributed by atoms with van der Waals surface area (Å²) in [6, 6.07) is 43.2.